The molecule has 0 spiro atoms. The average molecular weight is 353 g/mol. The fourth-order valence-corrected chi connectivity index (χ4v) is 3.56. The van der Waals surface area contributed by atoms with E-state index in [1.54, 1.807) is 0 Å². The molecular weight excluding hydrogens is 326 g/mol. The number of ether oxygens (including phenoxy) is 1. The van der Waals surface area contributed by atoms with Crippen LogP contribution in [0, 0.1) is 0 Å². The van der Waals surface area contributed by atoms with Crippen molar-refractivity contribution in [1.29, 1.82) is 0 Å². The lowest BCUT2D eigenvalue weighted by Gasteiger charge is -2.26. The van der Waals surface area contributed by atoms with Crippen LogP contribution in [0.3, 0.4) is 0 Å². The van der Waals surface area contributed by atoms with Gasteiger partial charge in [-0.2, -0.15) is 0 Å². The van der Waals surface area contributed by atoms with Gasteiger partial charge in [-0.1, -0.05) is 18.2 Å². The Morgan fingerprint density at radius 3 is 3.00 bits per heavy atom. The van der Waals surface area contributed by atoms with E-state index in [9.17, 15) is 4.79 Å². The van der Waals surface area contributed by atoms with Gasteiger partial charge in [-0.25, -0.2) is 0 Å². The minimum absolute atomic E-state index is 0.0350. The molecule has 1 aromatic carbocycles. The molecule has 5 nitrogen and oxygen atoms in total. The molecule has 1 aliphatic heterocycles. The first-order chi connectivity index (χ1) is 12.7. The van der Waals surface area contributed by atoms with Crippen molar-refractivity contribution in [2.75, 3.05) is 13.2 Å². The van der Waals surface area contributed by atoms with Crippen LogP contribution in [0.25, 0.3) is 0 Å². The minimum atomic E-state index is -0.0350. The summed E-state index contributed by atoms with van der Waals surface area (Å²) in [5.74, 6) is 0.939. The molecule has 1 amide bonds. The monoisotopic (exact) mass is 353 g/mol. The second-order valence-electron chi connectivity index (χ2n) is 6.66. The zero-order chi connectivity index (χ0) is 18.4. The molecule has 1 aliphatic rings. The smallest absolute Gasteiger partial charge is 0.217 e. The van der Waals surface area contributed by atoms with Gasteiger partial charge in [0.05, 0.1) is 18.8 Å². The van der Waals surface area contributed by atoms with Gasteiger partial charge >= 0.3 is 0 Å². The van der Waals surface area contributed by atoms with Crippen molar-refractivity contribution < 1.29 is 9.53 Å². The van der Waals surface area contributed by atoms with E-state index in [0.29, 0.717) is 19.2 Å². The van der Waals surface area contributed by atoms with Crippen LogP contribution in [0.5, 0.6) is 5.75 Å². The highest BCUT2D eigenvalue weighted by Gasteiger charge is 2.27. The number of nitrogens with one attached hydrogen (secondary N) is 1. The highest BCUT2D eigenvalue weighted by atomic mass is 16.5. The van der Waals surface area contributed by atoms with Crippen LogP contribution in [0.1, 0.15) is 49.6 Å². The lowest BCUT2D eigenvalue weighted by atomic mass is 10.0. The van der Waals surface area contributed by atoms with Crippen molar-refractivity contribution in [2.45, 2.75) is 45.8 Å². The summed E-state index contributed by atoms with van der Waals surface area (Å²) in [6.45, 7) is 6.65. The zero-order valence-corrected chi connectivity index (χ0v) is 15.6. The summed E-state index contributed by atoms with van der Waals surface area (Å²) < 4.78 is 5.78. The van der Waals surface area contributed by atoms with Crippen LogP contribution in [-0.2, 0) is 17.9 Å². The number of likely N-dealkylation sites (tertiary alicyclic amines) is 1. The quantitative estimate of drug-likeness (QED) is 0.828. The van der Waals surface area contributed by atoms with Gasteiger partial charge in [0.25, 0.3) is 0 Å². The Morgan fingerprint density at radius 2 is 2.19 bits per heavy atom. The molecule has 2 aromatic rings. The molecule has 0 bridgehead atoms. The number of aromatic nitrogens is 1. The molecule has 0 radical (unpaired) electrons. The van der Waals surface area contributed by atoms with Crippen molar-refractivity contribution in [3.05, 3.63) is 59.4 Å². The van der Waals surface area contributed by atoms with E-state index in [4.69, 9.17) is 4.74 Å². The van der Waals surface area contributed by atoms with Crippen molar-refractivity contribution >= 4 is 5.91 Å². The molecular formula is C21H27N3O2. The van der Waals surface area contributed by atoms with Gasteiger partial charge in [0.15, 0.2) is 0 Å². The van der Waals surface area contributed by atoms with Crippen LogP contribution in [0.15, 0.2) is 42.6 Å². The highest BCUT2D eigenvalue weighted by Crippen LogP contribution is 2.34. The van der Waals surface area contributed by atoms with Crippen LogP contribution in [0.4, 0.5) is 0 Å². The van der Waals surface area contributed by atoms with Crippen molar-refractivity contribution in [2.24, 2.45) is 0 Å². The molecule has 1 aromatic heterocycles. The maximum atomic E-state index is 11.1. The molecule has 0 aliphatic carbocycles. The number of nitrogens with zero attached hydrogens (tertiary/aromatic N) is 2. The number of rotatable bonds is 7. The molecule has 2 heterocycles. The molecule has 26 heavy (non-hydrogen) atoms. The summed E-state index contributed by atoms with van der Waals surface area (Å²) in [5.41, 5.74) is 3.40. The van der Waals surface area contributed by atoms with E-state index >= 15 is 0 Å². The fraction of sp³-hybridized carbons (Fsp3) is 0.429. The van der Waals surface area contributed by atoms with Gasteiger partial charge in [-0.3, -0.25) is 14.7 Å². The lowest BCUT2D eigenvalue weighted by Crippen LogP contribution is -2.24. The van der Waals surface area contributed by atoms with Crippen molar-refractivity contribution in [1.82, 2.24) is 15.2 Å². The number of hydrogen-bond acceptors (Lipinski definition) is 4. The number of para-hydroxylation sites is 1. The molecule has 1 fully saturated rings. The SMILES string of the molecule is CCOc1ccccc1CN1CCC[C@@H]1c1ccnc(CNC(C)=O)c1. The average Bonchev–Trinajstić information content (AvgIpc) is 3.10. The Balaban J connectivity index is 1.74. The first-order valence-corrected chi connectivity index (χ1v) is 9.31. The number of amides is 1. The maximum absolute atomic E-state index is 11.1. The first-order valence-electron chi connectivity index (χ1n) is 9.31. The van der Waals surface area contributed by atoms with Crippen LogP contribution >= 0.6 is 0 Å². The van der Waals surface area contributed by atoms with Gasteiger partial charge in [-0.15, -0.1) is 0 Å². The van der Waals surface area contributed by atoms with Gasteiger partial charge < -0.3 is 10.1 Å². The molecule has 1 saturated heterocycles. The Morgan fingerprint density at radius 1 is 1.35 bits per heavy atom. The number of pyridine rings is 1. The molecule has 1 N–H and O–H groups in total. The third-order valence-corrected chi connectivity index (χ3v) is 4.75. The fourth-order valence-electron chi connectivity index (χ4n) is 3.56. The predicted octanol–water partition coefficient (Wildman–Crippen LogP) is 3.45. The molecule has 1 atom stereocenters. The van der Waals surface area contributed by atoms with E-state index in [1.807, 2.05) is 25.3 Å². The zero-order valence-electron chi connectivity index (χ0n) is 15.6. The second kappa shape index (κ2) is 8.81. The van der Waals surface area contributed by atoms with E-state index in [-0.39, 0.29) is 5.91 Å². The van der Waals surface area contributed by atoms with Gasteiger partial charge in [0, 0.05) is 31.3 Å². The summed E-state index contributed by atoms with van der Waals surface area (Å²) in [4.78, 5) is 18.0. The Bertz CT molecular complexity index is 748. The van der Waals surface area contributed by atoms with Gasteiger partial charge in [-0.05, 0) is 50.1 Å². The van der Waals surface area contributed by atoms with E-state index in [1.165, 1.54) is 24.5 Å². The van der Waals surface area contributed by atoms with Crippen molar-refractivity contribution in [3.63, 3.8) is 0 Å². The molecule has 138 valence electrons. The Hall–Kier alpha value is -2.40. The van der Waals surface area contributed by atoms with Gasteiger partial charge in [0.1, 0.15) is 5.75 Å². The first kappa shape index (κ1) is 18.4. The van der Waals surface area contributed by atoms with Crippen LogP contribution in [-0.4, -0.2) is 28.9 Å². The van der Waals surface area contributed by atoms with Crippen LogP contribution < -0.4 is 10.1 Å². The summed E-state index contributed by atoms with van der Waals surface area (Å²) in [7, 11) is 0. The second-order valence-corrected chi connectivity index (χ2v) is 6.66. The van der Waals surface area contributed by atoms with Crippen molar-refractivity contribution in [3.8, 4) is 5.75 Å². The predicted molar refractivity (Wildman–Crippen MR) is 102 cm³/mol. The molecule has 3 rings (SSSR count). The normalized spacial score (nSPS) is 17.2. The number of carbonyl (C=O) groups is 1. The number of carbonyl (C=O) groups excluding carboxylic acids is 1. The largest absolute Gasteiger partial charge is 0.494 e. The summed E-state index contributed by atoms with van der Waals surface area (Å²) in [5, 5.41) is 2.82. The summed E-state index contributed by atoms with van der Waals surface area (Å²) in [6.07, 6.45) is 4.17. The third kappa shape index (κ3) is 4.61. The van der Waals surface area contributed by atoms with E-state index in [0.717, 1.165) is 31.0 Å². The van der Waals surface area contributed by atoms with Gasteiger partial charge in [0.2, 0.25) is 5.91 Å². The summed E-state index contributed by atoms with van der Waals surface area (Å²) >= 11 is 0. The van der Waals surface area contributed by atoms with E-state index < -0.39 is 0 Å². The molecule has 0 saturated carbocycles. The van der Waals surface area contributed by atoms with E-state index in [2.05, 4.69) is 39.5 Å². The third-order valence-electron chi connectivity index (χ3n) is 4.75. The molecule has 0 unspecified atom stereocenters. The van der Waals surface area contributed by atoms with Crippen LogP contribution in [0.2, 0.25) is 0 Å². The Kier molecular flexibility index (Phi) is 6.23. The topological polar surface area (TPSA) is 54.5 Å². The highest BCUT2D eigenvalue weighted by molar-refractivity contribution is 5.72. The number of benzene rings is 1. The number of hydrogen-bond donors (Lipinski definition) is 1. The maximum Gasteiger partial charge on any atom is 0.217 e. The summed E-state index contributed by atoms with van der Waals surface area (Å²) in [6, 6.07) is 12.9. The Labute approximate surface area is 155 Å². The molecule has 5 heteroatoms. The minimum Gasteiger partial charge on any atom is -0.494 e. The standard InChI is InChI=1S/C21H27N3O2/c1-3-26-21-9-5-4-7-18(21)15-24-12-6-8-20(24)17-10-11-22-19(13-17)14-23-16(2)25/h4-5,7,9-11,13,20H,3,6,8,12,14-15H2,1-2H3,(H,23,25)/t20-/m1/s1. The lowest BCUT2D eigenvalue weighted by molar-refractivity contribution is -0.119.